The van der Waals surface area contributed by atoms with Crippen LogP contribution in [0, 0.1) is 0 Å². The maximum Gasteiger partial charge on any atom is 0.246 e. The van der Waals surface area contributed by atoms with Crippen LogP contribution < -0.4 is 16.2 Å². The lowest BCUT2D eigenvalue weighted by atomic mass is 10.0. The van der Waals surface area contributed by atoms with Gasteiger partial charge in [-0.2, -0.15) is 0 Å². The Morgan fingerprint density at radius 1 is 1.35 bits per heavy atom. The largest absolute Gasteiger partial charge is 0.496 e. The topological polar surface area (TPSA) is 150 Å². The third-order valence-electron chi connectivity index (χ3n) is 4.52. The van der Waals surface area contributed by atoms with Crippen LogP contribution >= 0.6 is 0 Å². The second kappa shape index (κ2) is 6.94. The van der Waals surface area contributed by atoms with E-state index in [-0.39, 0.29) is 12.8 Å². The zero-order valence-corrected chi connectivity index (χ0v) is 14.2. The number of hydrogen-bond donors (Lipinski definition) is 4. The van der Waals surface area contributed by atoms with Crippen molar-refractivity contribution in [1.82, 2.24) is 4.57 Å². The number of ether oxygens (including phenoxy) is 2. The van der Waals surface area contributed by atoms with Gasteiger partial charge in [0.15, 0.2) is 6.23 Å². The van der Waals surface area contributed by atoms with Crippen molar-refractivity contribution in [2.24, 2.45) is 11.5 Å². The highest BCUT2D eigenvalue weighted by Gasteiger charge is 2.40. The number of carbonyl (C=O) groups is 2. The Balaban J connectivity index is 2.14. The summed E-state index contributed by atoms with van der Waals surface area (Å²) in [6.45, 7) is 0. The van der Waals surface area contributed by atoms with Gasteiger partial charge < -0.3 is 35.7 Å². The molecule has 140 valence electrons. The van der Waals surface area contributed by atoms with Gasteiger partial charge in [-0.05, 0) is 17.7 Å². The van der Waals surface area contributed by atoms with Crippen LogP contribution in [0.1, 0.15) is 18.2 Å². The summed E-state index contributed by atoms with van der Waals surface area (Å²) in [5.41, 5.74) is 11.8. The molecule has 1 aromatic carbocycles. The molecular formula is C17H21N3O6. The molecule has 6 N–H and O–H groups in total. The lowest BCUT2D eigenvalue weighted by molar-refractivity contribution is -0.198. The molecule has 1 saturated heterocycles. The maximum atomic E-state index is 11.5. The maximum absolute atomic E-state index is 11.5. The Morgan fingerprint density at radius 2 is 2.08 bits per heavy atom. The first-order chi connectivity index (χ1) is 12.3. The highest BCUT2D eigenvalue weighted by molar-refractivity contribution is 5.93. The Labute approximate surface area is 149 Å². The minimum Gasteiger partial charge on any atom is -0.496 e. The number of methoxy groups -OCH3 is 1. The predicted molar refractivity (Wildman–Crippen MR) is 91.1 cm³/mol. The monoisotopic (exact) mass is 363 g/mol. The molecule has 1 aliphatic heterocycles. The zero-order chi connectivity index (χ0) is 19.0. The fraction of sp³-hybridized carbons (Fsp3) is 0.412. The van der Waals surface area contributed by atoms with E-state index in [2.05, 4.69) is 0 Å². The minimum absolute atomic E-state index is 0.0471. The molecule has 4 atom stereocenters. The number of nitrogens with zero attached hydrogens (tertiary/aromatic N) is 1. The molecule has 2 aromatic rings. The first kappa shape index (κ1) is 18.2. The molecule has 3 rings (SSSR count). The van der Waals surface area contributed by atoms with Gasteiger partial charge in [-0.3, -0.25) is 9.59 Å². The number of aromatic nitrogens is 1. The molecule has 1 aromatic heterocycles. The Hall–Kier alpha value is -2.62. The molecule has 2 amide bonds. The van der Waals surface area contributed by atoms with E-state index in [1.165, 1.54) is 7.11 Å². The van der Waals surface area contributed by atoms with Crippen molar-refractivity contribution in [2.45, 2.75) is 37.4 Å². The molecule has 1 fully saturated rings. The lowest BCUT2D eigenvalue weighted by Crippen LogP contribution is -2.49. The first-order valence-electron chi connectivity index (χ1n) is 8.09. The van der Waals surface area contributed by atoms with Crippen LogP contribution in [0.2, 0.25) is 0 Å². The predicted octanol–water partition coefficient (Wildman–Crippen LogP) is -0.828. The lowest BCUT2D eigenvalue weighted by Gasteiger charge is -2.36. The van der Waals surface area contributed by atoms with E-state index < -0.39 is 36.4 Å². The number of primary amides is 2. The van der Waals surface area contributed by atoms with Gasteiger partial charge in [0.2, 0.25) is 11.8 Å². The number of aliphatic hydroxyl groups is 2. The van der Waals surface area contributed by atoms with E-state index in [9.17, 15) is 19.8 Å². The quantitative estimate of drug-likeness (QED) is 0.545. The number of aliphatic hydroxyl groups excluding tert-OH is 2. The van der Waals surface area contributed by atoms with Gasteiger partial charge in [-0.25, -0.2) is 0 Å². The second-order valence-corrected chi connectivity index (χ2v) is 6.27. The minimum atomic E-state index is -1.28. The van der Waals surface area contributed by atoms with Crippen LogP contribution in [-0.4, -0.2) is 52.0 Å². The number of carbonyl (C=O) groups excluding carboxylic acids is 2. The number of amides is 2. The molecule has 0 spiro atoms. The highest BCUT2D eigenvalue weighted by atomic mass is 16.5. The van der Waals surface area contributed by atoms with Crippen LogP contribution in [0.4, 0.5) is 0 Å². The molecule has 26 heavy (non-hydrogen) atoms. The molecule has 0 unspecified atom stereocenters. The summed E-state index contributed by atoms with van der Waals surface area (Å²) in [6, 6.07) is 5.22. The Morgan fingerprint density at radius 3 is 2.69 bits per heavy atom. The van der Waals surface area contributed by atoms with Gasteiger partial charge in [-0.1, -0.05) is 6.07 Å². The molecule has 0 aliphatic carbocycles. The smallest absolute Gasteiger partial charge is 0.246 e. The third kappa shape index (κ3) is 3.12. The Kier molecular flexibility index (Phi) is 4.86. The number of nitrogens with two attached hydrogens (primary N) is 2. The molecule has 0 bridgehead atoms. The van der Waals surface area contributed by atoms with Gasteiger partial charge >= 0.3 is 0 Å². The van der Waals surface area contributed by atoms with Crippen molar-refractivity contribution in [3.8, 4) is 5.75 Å². The molecule has 0 saturated carbocycles. The van der Waals surface area contributed by atoms with E-state index in [1.807, 2.05) is 0 Å². The van der Waals surface area contributed by atoms with E-state index >= 15 is 0 Å². The molecule has 1 aliphatic rings. The summed E-state index contributed by atoms with van der Waals surface area (Å²) in [5.74, 6) is -0.739. The summed E-state index contributed by atoms with van der Waals surface area (Å²) < 4.78 is 12.6. The van der Waals surface area contributed by atoms with Crippen LogP contribution in [0.25, 0.3) is 10.9 Å². The molecular weight excluding hydrogens is 342 g/mol. The van der Waals surface area contributed by atoms with E-state index in [1.54, 1.807) is 29.0 Å². The summed E-state index contributed by atoms with van der Waals surface area (Å²) in [4.78, 5) is 23.0. The molecule has 0 radical (unpaired) electrons. The van der Waals surface area contributed by atoms with Crippen molar-refractivity contribution in [2.75, 3.05) is 7.11 Å². The van der Waals surface area contributed by atoms with Crippen molar-refractivity contribution in [3.63, 3.8) is 0 Å². The zero-order valence-electron chi connectivity index (χ0n) is 14.2. The molecule has 9 nitrogen and oxygen atoms in total. The van der Waals surface area contributed by atoms with Crippen LogP contribution in [0.3, 0.4) is 0 Å². The van der Waals surface area contributed by atoms with Crippen molar-refractivity contribution < 1.29 is 29.3 Å². The van der Waals surface area contributed by atoms with Crippen molar-refractivity contribution >= 4 is 22.7 Å². The SMILES string of the molecule is COc1cccc2c1c(CC(N)=O)cn2[C@H]1O[C@H](C(N)=O)C[C@@H](O)[C@@H]1O. The first-order valence-corrected chi connectivity index (χ1v) is 8.09. The van der Waals surface area contributed by atoms with Gasteiger partial charge in [0.1, 0.15) is 18.0 Å². The van der Waals surface area contributed by atoms with Gasteiger partial charge in [0.25, 0.3) is 0 Å². The van der Waals surface area contributed by atoms with E-state index in [4.69, 9.17) is 20.9 Å². The van der Waals surface area contributed by atoms with Crippen molar-refractivity contribution in [1.29, 1.82) is 0 Å². The summed E-state index contributed by atoms with van der Waals surface area (Å²) in [7, 11) is 1.50. The third-order valence-corrected chi connectivity index (χ3v) is 4.52. The summed E-state index contributed by atoms with van der Waals surface area (Å²) in [6.07, 6.45) is -3.11. The highest BCUT2D eigenvalue weighted by Crippen LogP contribution is 2.36. The van der Waals surface area contributed by atoms with Crippen LogP contribution in [-0.2, 0) is 20.7 Å². The standard InChI is InChI=1S/C17H21N3O6/c1-25-11-4-2-3-9-14(11)8(5-13(18)22)7-20(9)17-15(23)10(21)6-12(26-17)16(19)24/h2-4,7,10,12,15,17,21,23H,5-6H2,1H3,(H2,18,22)(H2,19,24)/t10-,12+,15+,17+/m1/s1. The average Bonchev–Trinajstić information content (AvgIpc) is 2.95. The van der Waals surface area contributed by atoms with Crippen LogP contribution in [0.5, 0.6) is 5.75 Å². The Bertz CT molecular complexity index is 848. The summed E-state index contributed by atoms with van der Waals surface area (Å²) in [5, 5.41) is 21.1. The number of fused-ring (bicyclic) bond motifs is 1. The van der Waals surface area contributed by atoms with Gasteiger partial charge in [-0.15, -0.1) is 0 Å². The van der Waals surface area contributed by atoms with Gasteiger partial charge in [0.05, 0.1) is 25.2 Å². The van der Waals surface area contributed by atoms with E-state index in [0.29, 0.717) is 22.2 Å². The molecule has 9 heteroatoms. The summed E-state index contributed by atoms with van der Waals surface area (Å²) >= 11 is 0. The van der Waals surface area contributed by atoms with Gasteiger partial charge in [0, 0.05) is 18.0 Å². The average molecular weight is 363 g/mol. The number of hydrogen-bond acceptors (Lipinski definition) is 6. The number of rotatable bonds is 5. The normalized spacial score (nSPS) is 26.0. The molecule has 2 heterocycles. The second-order valence-electron chi connectivity index (χ2n) is 6.27. The fourth-order valence-corrected chi connectivity index (χ4v) is 3.33. The van der Waals surface area contributed by atoms with E-state index in [0.717, 1.165) is 0 Å². The van der Waals surface area contributed by atoms with Crippen molar-refractivity contribution in [3.05, 3.63) is 30.0 Å². The van der Waals surface area contributed by atoms with Crippen LogP contribution in [0.15, 0.2) is 24.4 Å². The fourth-order valence-electron chi connectivity index (χ4n) is 3.33. The number of benzene rings is 1.